The SMILES string of the molecule is CCC(=O)c1c(O)c(OC)c(OC)c(Cl)c1OC. The van der Waals surface area contributed by atoms with Crippen LogP contribution in [0.3, 0.4) is 0 Å². The van der Waals surface area contributed by atoms with Crippen molar-refractivity contribution in [3.05, 3.63) is 10.6 Å². The van der Waals surface area contributed by atoms with Gasteiger partial charge in [-0.25, -0.2) is 0 Å². The molecule has 1 rings (SSSR count). The Kier molecular flexibility index (Phi) is 4.67. The summed E-state index contributed by atoms with van der Waals surface area (Å²) in [5.41, 5.74) is 0.00245. The average Bonchev–Trinajstić information content (AvgIpc) is 2.38. The number of hydrogen-bond acceptors (Lipinski definition) is 5. The number of methoxy groups -OCH3 is 3. The predicted octanol–water partition coefficient (Wildman–Crippen LogP) is 2.66. The van der Waals surface area contributed by atoms with Crippen LogP contribution in [0.5, 0.6) is 23.0 Å². The zero-order valence-electron chi connectivity index (χ0n) is 10.7. The quantitative estimate of drug-likeness (QED) is 0.836. The molecule has 1 aromatic carbocycles. The van der Waals surface area contributed by atoms with Crippen molar-refractivity contribution in [3.63, 3.8) is 0 Å². The molecule has 100 valence electrons. The van der Waals surface area contributed by atoms with Gasteiger partial charge in [-0.15, -0.1) is 0 Å². The lowest BCUT2D eigenvalue weighted by atomic mass is 10.0. The number of hydrogen-bond donors (Lipinski definition) is 1. The fourth-order valence-electron chi connectivity index (χ4n) is 1.64. The van der Waals surface area contributed by atoms with Crippen molar-refractivity contribution in [1.29, 1.82) is 0 Å². The summed E-state index contributed by atoms with van der Waals surface area (Å²) in [6.45, 7) is 1.67. The van der Waals surface area contributed by atoms with Gasteiger partial charge in [-0.1, -0.05) is 18.5 Å². The van der Waals surface area contributed by atoms with Crippen molar-refractivity contribution in [2.75, 3.05) is 21.3 Å². The highest BCUT2D eigenvalue weighted by molar-refractivity contribution is 6.34. The van der Waals surface area contributed by atoms with Crippen LogP contribution in [-0.4, -0.2) is 32.2 Å². The Morgan fingerprint density at radius 2 is 1.61 bits per heavy atom. The largest absolute Gasteiger partial charge is 0.504 e. The molecule has 0 fully saturated rings. The van der Waals surface area contributed by atoms with Crippen LogP contribution in [0.1, 0.15) is 23.7 Å². The monoisotopic (exact) mass is 274 g/mol. The zero-order valence-corrected chi connectivity index (χ0v) is 11.4. The topological polar surface area (TPSA) is 65.0 Å². The van der Waals surface area contributed by atoms with E-state index in [1.165, 1.54) is 21.3 Å². The second-order valence-corrected chi connectivity index (χ2v) is 3.79. The molecule has 0 aliphatic rings. The van der Waals surface area contributed by atoms with Crippen LogP contribution in [0.4, 0.5) is 0 Å². The van der Waals surface area contributed by atoms with Crippen molar-refractivity contribution in [2.24, 2.45) is 0 Å². The van der Waals surface area contributed by atoms with Gasteiger partial charge in [0.1, 0.15) is 10.6 Å². The number of benzene rings is 1. The number of carbonyl (C=O) groups is 1. The number of phenolic OH excluding ortho intramolecular Hbond substituents is 1. The number of aromatic hydroxyl groups is 1. The molecule has 0 bridgehead atoms. The van der Waals surface area contributed by atoms with Crippen molar-refractivity contribution in [3.8, 4) is 23.0 Å². The molecule has 0 aromatic heterocycles. The van der Waals surface area contributed by atoms with E-state index < -0.39 is 0 Å². The van der Waals surface area contributed by atoms with Gasteiger partial charge in [0, 0.05) is 6.42 Å². The molecule has 18 heavy (non-hydrogen) atoms. The van der Waals surface area contributed by atoms with E-state index in [0.29, 0.717) is 0 Å². The lowest BCUT2D eigenvalue weighted by Gasteiger charge is -2.17. The number of rotatable bonds is 5. The number of phenols is 1. The molecule has 0 radical (unpaired) electrons. The van der Waals surface area contributed by atoms with Gasteiger partial charge in [-0.05, 0) is 0 Å². The summed E-state index contributed by atoms with van der Waals surface area (Å²) in [4.78, 5) is 11.8. The molecular formula is C12H15ClO5. The molecule has 0 saturated heterocycles. The standard InChI is InChI=1S/C12H15ClO5/c1-5-6(14)7-9(15)12(18-4)11(17-3)8(13)10(7)16-2/h15H,5H2,1-4H3. The van der Waals surface area contributed by atoms with Gasteiger partial charge in [-0.2, -0.15) is 0 Å². The van der Waals surface area contributed by atoms with Crippen LogP contribution < -0.4 is 14.2 Å². The first kappa shape index (κ1) is 14.4. The fraction of sp³-hybridized carbons (Fsp3) is 0.417. The molecule has 0 aliphatic heterocycles. The Balaban J connectivity index is 3.70. The predicted molar refractivity (Wildman–Crippen MR) is 67.4 cm³/mol. The maximum Gasteiger partial charge on any atom is 0.205 e. The average molecular weight is 275 g/mol. The van der Waals surface area contributed by atoms with Crippen LogP contribution in [0.25, 0.3) is 0 Å². The van der Waals surface area contributed by atoms with Crippen LogP contribution in [-0.2, 0) is 0 Å². The summed E-state index contributed by atoms with van der Waals surface area (Å²) in [6.07, 6.45) is 0.204. The molecule has 0 aliphatic carbocycles. The molecule has 1 N–H and O–H groups in total. The summed E-state index contributed by atoms with van der Waals surface area (Å²) in [7, 11) is 4.09. The van der Waals surface area contributed by atoms with Gasteiger partial charge in [0.25, 0.3) is 0 Å². The molecule has 0 heterocycles. The first-order valence-corrected chi connectivity index (χ1v) is 5.64. The normalized spacial score (nSPS) is 10.1. The van der Waals surface area contributed by atoms with E-state index in [9.17, 15) is 9.90 Å². The van der Waals surface area contributed by atoms with Crippen LogP contribution >= 0.6 is 11.6 Å². The third kappa shape index (κ3) is 2.18. The van der Waals surface area contributed by atoms with Gasteiger partial charge in [0.2, 0.25) is 5.75 Å². The Labute approximate surface area is 110 Å². The first-order valence-electron chi connectivity index (χ1n) is 5.26. The molecule has 0 atom stereocenters. The van der Waals surface area contributed by atoms with E-state index in [-0.39, 0.29) is 45.8 Å². The molecule has 1 aromatic rings. The molecule has 0 unspecified atom stereocenters. The van der Waals surface area contributed by atoms with Gasteiger partial charge >= 0.3 is 0 Å². The molecule has 0 spiro atoms. The number of ketones is 1. The lowest BCUT2D eigenvalue weighted by Crippen LogP contribution is -2.05. The smallest absolute Gasteiger partial charge is 0.205 e. The van der Waals surface area contributed by atoms with E-state index in [0.717, 1.165) is 0 Å². The minimum absolute atomic E-state index is 0.00245. The van der Waals surface area contributed by atoms with Crippen LogP contribution in [0, 0.1) is 0 Å². The number of halogens is 1. The second-order valence-electron chi connectivity index (χ2n) is 3.41. The molecule has 0 saturated carbocycles. The van der Waals surface area contributed by atoms with Gasteiger partial charge in [0.05, 0.1) is 21.3 Å². The lowest BCUT2D eigenvalue weighted by molar-refractivity contribution is 0.0981. The van der Waals surface area contributed by atoms with Crippen molar-refractivity contribution in [2.45, 2.75) is 13.3 Å². The van der Waals surface area contributed by atoms with Crippen LogP contribution in [0.15, 0.2) is 0 Å². The minimum Gasteiger partial charge on any atom is -0.504 e. The number of Topliss-reactive ketones (excluding diaryl/α,β-unsaturated/α-hetero) is 1. The van der Waals surface area contributed by atoms with Gasteiger partial charge < -0.3 is 19.3 Å². The highest BCUT2D eigenvalue weighted by atomic mass is 35.5. The van der Waals surface area contributed by atoms with E-state index in [4.69, 9.17) is 25.8 Å². The minimum atomic E-state index is -0.331. The molecule has 6 heteroatoms. The van der Waals surface area contributed by atoms with E-state index in [2.05, 4.69) is 0 Å². The van der Waals surface area contributed by atoms with Crippen molar-refractivity contribution in [1.82, 2.24) is 0 Å². The Morgan fingerprint density at radius 3 is 2.00 bits per heavy atom. The highest BCUT2D eigenvalue weighted by Gasteiger charge is 2.28. The van der Waals surface area contributed by atoms with Crippen molar-refractivity contribution >= 4 is 17.4 Å². The van der Waals surface area contributed by atoms with Gasteiger partial charge in [0.15, 0.2) is 23.0 Å². The summed E-state index contributed by atoms with van der Waals surface area (Å²) in [6, 6.07) is 0. The Morgan fingerprint density at radius 1 is 1.11 bits per heavy atom. The fourth-order valence-corrected chi connectivity index (χ4v) is 1.97. The van der Waals surface area contributed by atoms with Crippen molar-refractivity contribution < 1.29 is 24.1 Å². The molecule has 5 nitrogen and oxygen atoms in total. The third-order valence-corrected chi connectivity index (χ3v) is 2.84. The zero-order chi connectivity index (χ0) is 13.9. The van der Waals surface area contributed by atoms with Crippen LogP contribution in [0.2, 0.25) is 5.02 Å². The first-order chi connectivity index (χ1) is 8.53. The summed E-state index contributed by atoms with van der Waals surface area (Å²) >= 11 is 6.08. The summed E-state index contributed by atoms with van der Waals surface area (Å²) in [5.74, 6) is -0.408. The van der Waals surface area contributed by atoms with E-state index in [1.807, 2.05) is 0 Å². The highest BCUT2D eigenvalue weighted by Crippen LogP contribution is 2.51. The third-order valence-electron chi connectivity index (χ3n) is 2.50. The van der Waals surface area contributed by atoms with E-state index in [1.54, 1.807) is 6.92 Å². The molecule has 0 amide bonds. The second kappa shape index (κ2) is 5.82. The number of ether oxygens (including phenoxy) is 3. The number of carbonyl (C=O) groups excluding carboxylic acids is 1. The summed E-state index contributed by atoms with van der Waals surface area (Å²) < 4.78 is 15.1. The molecular weight excluding hydrogens is 260 g/mol. The summed E-state index contributed by atoms with van der Waals surface area (Å²) in [5, 5.41) is 10.2. The Hall–Kier alpha value is -1.62. The van der Waals surface area contributed by atoms with Gasteiger partial charge in [-0.3, -0.25) is 4.79 Å². The Bertz CT molecular complexity index is 470. The maximum atomic E-state index is 11.8. The maximum absolute atomic E-state index is 11.8. The van der Waals surface area contributed by atoms with E-state index >= 15 is 0 Å².